The van der Waals surface area contributed by atoms with Crippen molar-refractivity contribution in [2.75, 3.05) is 31.2 Å². The molecule has 3 aromatic rings. The minimum Gasteiger partial charge on any atom is -0.494 e. The van der Waals surface area contributed by atoms with Crippen LogP contribution in [-0.2, 0) is 4.74 Å². The van der Waals surface area contributed by atoms with Crippen LogP contribution in [0, 0.1) is 0 Å². The highest BCUT2D eigenvalue weighted by Crippen LogP contribution is 2.33. The Bertz CT molecular complexity index is 1070. The van der Waals surface area contributed by atoms with Gasteiger partial charge in [0.05, 0.1) is 30.2 Å². The maximum absolute atomic E-state index is 12.0. The van der Waals surface area contributed by atoms with Crippen LogP contribution in [0.15, 0.2) is 56.7 Å². The molecule has 2 aromatic carbocycles. The summed E-state index contributed by atoms with van der Waals surface area (Å²) < 4.78 is 6.35. The van der Waals surface area contributed by atoms with Gasteiger partial charge in [0.1, 0.15) is 0 Å². The smallest absolute Gasteiger partial charge is 0.258 e. The normalized spacial score (nSPS) is 14.9. The van der Waals surface area contributed by atoms with Crippen LogP contribution in [0.2, 0.25) is 0 Å². The highest BCUT2D eigenvalue weighted by atomic mass is 79.9. The molecule has 2 N–H and O–H groups in total. The van der Waals surface area contributed by atoms with E-state index in [-0.39, 0.29) is 11.4 Å². The van der Waals surface area contributed by atoms with Crippen LogP contribution in [0.5, 0.6) is 5.88 Å². The van der Waals surface area contributed by atoms with Gasteiger partial charge >= 0.3 is 0 Å². The fourth-order valence-corrected chi connectivity index (χ4v) is 3.57. The van der Waals surface area contributed by atoms with E-state index < -0.39 is 0 Å². The van der Waals surface area contributed by atoms with Crippen LogP contribution in [0.4, 0.5) is 11.4 Å². The first-order valence-corrected chi connectivity index (χ1v) is 9.43. The fourth-order valence-electron chi connectivity index (χ4n) is 3.22. The monoisotopic (exact) mass is 427 g/mol. The molecule has 7 heteroatoms. The van der Waals surface area contributed by atoms with E-state index >= 15 is 0 Å². The van der Waals surface area contributed by atoms with Crippen molar-refractivity contribution in [2.24, 2.45) is 4.99 Å². The van der Waals surface area contributed by atoms with Crippen molar-refractivity contribution >= 4 is 44.3 Å². The molecule has 1 aromatic heterocycles. The minimum atomic E-state index is -0.322. The molecule has 0 atom stereocenters. The summed E-state index contributed by atoms with van der Waals surface area (Å²) in [7, 11) is 0. The first kappa shape index (κ1) is 17.8. The number of H-pyrrole nitrogens is 1. The molecular formula is C20H18BrN3O3. The van der Waals surface area contributed by atoms with Gasteiger partial charge in [0.2, 0.25) is 5.88 Å². The van der Waals surface area contributed by atoms with E-state index in [4.69, 9.17) is 4.74 Å². The summed E-state index contributed by atoms with van der Waals surface area (Å²) in [5.74, 6) is -0.189. The van der Waals surface area contributed by atoms with Gasteiger partial charge in [-0.25, -0.2) is 0 Å². The zero-order valence-electron chi connectivity index (χ0n) is 14.5. The number of nitrogens with one attached hydrogen (secondary N) is 1. The molecule has 0 radical (unpaired) electrons. The van der Waals surface area contributed by atoms with Crippen molar-refractivity contribution in [2.45, 2.75) is 0 Å². The molecule has 0 amide bonds. The lowest BCUT2D eigenvalue weighted by atomic mass is 10.1. The second kappa shape index (κ2) is 7.54. The summed E-state index contributed by atoms with van der Waals surface area (Å²) in [5.41, 5.74) is 1.95. The van der Waals surface area contributed by atoms with Gasteiger partial charge in [-0.05, 0) is 24.3 Å². The second-order valence-electron chi connectivity index (χ2n) is 6.25. The van der Waals surface area contributed by atoms with E-state index in [0.29, 0.717) is 29.5 Å². The number of aromatic hydroxyl groups is 1. The zero-order valence-corrected chi connectivity index (χ0v) is 16.1. The van der Waals surface area contributed by atoms with Crippen LogP contribution in [0.25, 0.3) is 10.8 Å². The van der Waals surface area contributed by atoms with Crippen LogP contribution in [0.1, 0.15) is 5.56 Å². The molecule has 0 unspecified atom stereocenters. The van der Waals surface area contributed by atoms with Gasteiger partial charge in [-0.1, -0.05) is 34.1 Å². The molecule has 2 heterocycles. The van der Waals surface area contributed by atoms with Crippen LogP contribution in [-0.4, -0.2) is 42.6 Å². The number of aliphatic imine (C=N–C) groups is 1. The summed E-state index contributed by atoms with van der Waals surface area (Å²) in [4.78, 5) is 21.4. The number of morpholine rings is 1. The lowest BCUT2D eigenvalue weighted by Gasteiger charge is -2.29. The van der Waals surface area contributed by atoms with Crippen LogP contribution >= 0.6 is 15.9 Å². The van der Waals surface area contributed by atoms with E-state index in [0.717, 1.165) is 28.9 Å². The highest BCUT2D eigenvalue weighted by Gasteiger charge is 2.15. The molecule has 1 aliphatic rings. The number of anilines is 1. The van der Waals surface area contributed by atoms with Gasteiger partial charge < -0.3 is 14.7 Å². The number of ether oxygens (including phenoxy) is 1. The predicted octanol–water partition coefficient (Wildman–Crippen LogP) is 3.58. The Balaban J connectivity index is 1.79. The Morgan fingerprint density at radius 1 is 1.15 bits per heavy atom. The number of rotatable bonds is 3. The average Bonchev–Trinajstić information content (AvgIpc) is 2.68. The fraction of sp³-hybridized carbons (Fsp3) is 0.200. The molecule has 1 aliphatic heterocycles. The van der Waals surface area contributed by atoms with E-state index in [1.54, 1.807) is 24.4 Å². The number of nitrogens with zero attached hydrogens (tertiary/aromatic N) is 2. The first-order chi connectivity index (χ1) is 13.1. The van der Waals surface area contributed by atoms with Gasteiger partial charge in [0, 0.05) is 34.5 Å². The van der Waals surface area contributed by atoms with Crippen molar-refractivity contribution in [1.29, 1.82) is 0 Å². The van der Waals surface area contributed by atoms with E-state index in [2.05, 4.69) is 30.8 Å². The SMILES string of the molecule is O=c1[nH]c(O)c(C=Nc2cc(Br)ccc2N2CCOCC2)c2ccccc12. The second-order valence-corrected chi connectivity index (χ2v) is 7.17. The van der Waals surface area contributed by atoms with Gasteiger partial charge in [-0.2, -0.15) is 0 Å². The summed E-state index contributed by atoms with van der Waals surface area (Å²) >= 11 is 3.50. The highest BCUT2D eigenvalue weighted by molar-refractivity contribution is 9.10. The lowest BCUT2D eigenvalue weighted by molar-refractivity contribution is 0.123. The van der Waals surface area contributed by atoms with Crippen LogP contribution in [0.3, 0.4) is 0 Å². The molecule has 0 bridgehead atoms. The molecule has 1 fully saturated rings. The Morgan fingerprint density at radius 3 is 2.67 bits per heavy atom. The van der Waals surface area contributed by atoms with Gasteiger partial charge in [0.25, 0.3) is 5.56 Å². The van der Waals surface area contributed by atoms with Crippen molar-refractivity contribution in [3.8, 4) is 5.88 Å². The van der Waals surface area contributed by atoms with Gasteiger partial charge in [-0.3, -0.25) is 14.8 Å². The number of halogens is 1. The van der Waals surface area contributed by atoms with E-state index in [1.807, 2.05) is 24.3 Å². The zero-order chi connectivity index (χ0) is 18.8. The number of pyridine rings is 1. The predicted molar refractivity (Wildman–Crippen MR) is 111 cm³/mol. The van der Waals surface area contributed by atoms with E-state index in [9.17, 15) is 9.90 Å². The van der Waals surface area contributed by atoms with Crippen molar-refractivity contribution in [3.05, 3.63) is 62.9 Å². The van der Waals surface area contributed by atoms with E-state index in [1.165, 1.54) is 0 Å². The number of aromatic amines is 1. The van der Waals surface area contributed by atoms with Crippen molar-refractivity contribution in [1.82, 2.24) is 4.98 Å². The maximum atomic E-state index is 12.0. The lowest BCUT2D eigenvalue weighted by Crippen LogP contribution is -2.36. The van der Waals surface area contributed by atoms with Gasteiger partial charge in [-0.15, -0.1) is 0 Å². The molecule has 138 valence electrons. The molecular weight excluding hydrogens is 410 g/mol. The summed E-state index contributed by atoms with van der Waals surface area (Å²) in [6, 6.07) is 13.1. The topological polar surface area (TPSA) is 77.9 Å². The third-order valence-electron chi connectivity index (χ3n) is 4.57. The molecule has 0 aliphatic carbocycles. The van der Waals surface area contributed by atoms with Crippen molar-refractivity contribution < 1.29 is 9.84 Å². The Morgan fingerprint density at radius 2 is 1.89 bits per heavy atom. The summed E-state index contributed by atoms with van der Waals surface area (Å²) in [6.07, 6.45) is 1.60. The number of hydrogen-bond donors (Lipinski definition) is 2. The molecule has 4 rings (SSSR count). The Hall–Kier alpha value is -2.64. The summed E-state index contributed by atoms with van der Waals surface area (Å²) in [6.45, 7) is 2.98. The third-order valence-corrected chi connectivity index (χ3v) is 5.06. The first-order valence-electron chi connectivity index (χ1n) is 8.64. The number of benzene rings is 2. The largest absolute Gasteiger partial charge is 0.494 e. The average molecular weight is 428 g/mol. The molecule has 27 heavy (non-hydrogen) atoms. The molecule has 0 saturated carbocycles. The van der Waals surface area contributed by atoms with Crippen molar-refractivity contribution in [3.63, 3.8) is 0 Å². The minimum absolute atomic E-state index is 0.189. The quantitative estimate of drug-likeness (QED) is 0.626. The van der Waals surface area contributed by atoms with Crippen LogP contribution < -0.4 is 10.5 Å². The number of hydrogen-bond acceptors (Lipinski definition) is 5. The Kier molecular flexibility index (Phi) is 4.96. The maximum Gasteiger partial charge on any atom is 0.258 e. The molecule has 0 spiro atoms. The molecule has 6 nitrogen and oxygen atoms in total. The standard InChI is InChI=1S/C20H18BrN3O3/c21-13-5-6-18(24-7-9-27-10-8-24)17(11-13)22-12-16-14-3-1-2-4-15(14)19(25)23-20(16)26/h1-6,11-12H,7-10H2,(H2,23,25,26). The number of aromatic nitrogens is 1. The third kappa shape index (κ3) is 3.61. The summed E-state index contributed by atoms with van der Waals surface area (Å²) in [5, 5.41) is 11.4. The molecule has 1 saturated heterocycles. The Labute approximate surface area is 164 Å². The number of fused-ring (bicyclic) bond motifs is 1. The van der Waals surface area contributed by atoms with Gasteiger partial charge in [0.15, 0.2) is 0 Å².